The third kappa shape index (κ3) is 4.97. The van der Waals surface area contributed by atoms with E-state index < -0.39 is 44.5 Å². The Morgan fingerprint density at radius 3 is 2.00 bits per heavy atom. The second-order valence-electron chi connectivity index (χ2n) is 4.19. The molecule has 0 aromatic carbocycles. The number of carbonyl (C=O) groups is 1. The minimum atomic E-state index is -6.04. The summed E-state index contributed by atoms with van der Waals surface area (Å²) in [5, 5.41) is 8.68. The van der Waals surface area contributed by atoms with Crippen LogP contribution >= 0.6 is 38.9 Å². The Bertz CT molecular complexity index is 698. The van der Waals surface area contributed by atoms with Gasteiger partial charge in [-0.05, 0) is 22.0 Å². The van der Waals surface area contributed by atoms with Crippen LogP contribution < -0.4 is 4.72 Å². The van der Waals surface area contributed by atoms with Crippen molar-refractivity contribution < 1.29 is 44.7 Å². The maximum atomic E-state index is 12.6. The van der Waals surface area contributed by atoms with Gasteiger partial charge in [-0.25, -0.2) is 8.42 Å². The molecule has 1 rings (SSSR count). The fourth-order valence-corrected chi connectivity index (χ4v) is 5.03. The molecule has 1 unspecified atom stereocenters. The van der Waals surface area contributed by atoms with Crippen LogP contribution in [0.15, 0.2) is 14.7 Å². The van der Waals surface area contributed by atoms with Gasteiger partial charge < -0.3 is 5.11 Å². The van der Waals surface area contributed by atoms with Gasteiger partial charge in [0.1, 0.15) is 14.6 Å². The topological polar surface area (TPSA) is 83.5 Å². The Morgan fingerprint density at radius 2 is 1.71 bits per heavy atom. The second-order valence-corrected chi connectivity index (χ2v) is 8.63. The summed E-state index contributed by atoms with van der Waals surface area (Å²) in [7, 11) is -5.00. The van der Waals surface area contributed by atoms with E-state index in [2.05, 4.69) is 15.9 Å². The van der Waals surface area contributed by atoms with Gasteiger partial charge in [-0.1, -0.05) is 11.6 Å². The number of nitrogens with one attached hydrogen (secondary N) is 1. The van der Waals surface area contributed by atoms with Crippen LogP contribution in [-0.4, -0.2) is 37.9 Å². The minimum Gasteiger partial charge on any atom is -0.480 e. The maximum Gasteiger partial charge on any atom is 0.402 e. The van der Waals surface area contributed by atoms with Crippen molar-refractivity contribution in [3.8, 4) is 0 Å². The summed E-state index contributed by atoms with van der Waals surface area (Å²) in [6.07, 6.45) is -12.1. The third-order valence-corrected chi connectivity index (χ3v) is 6.86. The molecular formula is C9H5BrClF6NO4S2. The molecule has 138 valence electrons. The molecule has 0 spiro atoms. The zero-order chi connectivity index (χ0) is 19.1. The van der Waals surface area contributed by atoms with Crippen LogP contribution in [-0.2, 0) is 14.8 Å². The summed E-state index contributed by atoms with van der Waals surface area (Å²) in [4.78, 5) is 10.9. The zero-order valence-corrected chi connectivity index (χ0v) is 14.7. The van der Waals surface area contributed by atoms with Crippen LogP contribution in [0.4, 0.5) is 26.3 Å². The van der Waals surface area contributed by atoms with Crippen LogP contribution in [0.1, 0.15) is 0 Å². The third-order valence-electron chi connectivity index (χ3n) is 2.47. The van der Waals surface area contributed by atoms with Crippen molar-refractivity contribution in [1.82, 2.24) is 4.72 Å². The molecule has 5 nitrogen and oxygen atoms in total. The van der Waals surface area contributed by atoms with Gasteiger partial charge in [0.05, 0.1) is 0 Å². The lowest BCUT2D eigenvalue weighted by Crippen LogP contribution is -2.56. The summed E-state index contributed by atoms with van der Waals surface area (Å²) in [5.74, 6) is -7.07. The fraction of sp³-hybridized carbons (Fsp3) is 0.444. The van der Waals surface area contributed by atoms with Crippen molar-refractivity contribution in [3.63, 3.8) is 0 Å². The first kappa shape index (κ1) is 21.5. The van der Waals surface area contributed by atoms with Crippen LogP contribution in [0.25, 0.3) is 0 Å². The molecular weight excluding hydrogens is 480 g/mol. The lowest BCUT2D eigenvalue weighted by molar-refractivity contribution is -0.290. The Balaban J connectivity index is 3.33. The van der Waals surface area contributed by atoms with E-state index in [1.165, 1.54) is 0 Å². The van der Waals surface area contributed by atoms with Crippen molar-refractivity contribution >= 4 is 54.9 Å². The van der Waals surface area contributed by atoms with Gasteiger partial charge >= 0.3 is 18.3 Å². The van der Waals surface area contributed by atoms with Gasteiger partial charge in [-0.3, -0.25) is 4.79 Å². The molecule has 0 bridgehead atoms. The Morgan fingerprint density at radius 1 is 1.25 bits per heavy atom. The predicted molar refractivity (Wildman–Crippen MR) is 74.4 cm³/mol. The van der Waals surface area contributed by atoms with Gasteiger partial charge in [0.15, 0.2) is 5.92 Å². The number of alkyl halides is 6. The Labute approximate surface area is 147 Å². The molecule has 1 atom stereocenters. The van der Waals surface area contributed by atoms with Gasteiger partial charge in [-0.15, -0.1) is 11.3 Å². The van der Waals surface area contributed by atoms with Crippen molar-refractivity contribution in [3.05, 3.63) is 14.9 Å². The number of carboxylic acid groups (broad SMARTS) is 1. The first-order valence-corrected chi connectivity index (χ1v) is 8.88. The van der Waals surface area contributed by atoms with Gasteiger partial charge in [0, 0.05) is 4.47 Å². The molecule has 0 aliphatic rings. The van der Waals surface area contributed by atoms with Crippen LogP contribution in [0.2, 0.25) is 4.34 Å². The predicted octanol–water partition coefficient (Wildman–Crippen LogP) is 3.64. The molecule has 24 heavy (non-hydrogen) atoms. The van der Waals surface area contributed by atoms with Crippen LogP contribution in [0.3, 0.4) is 0 Å². The van der Waals surface area contributed by atoms with Gasteiger partial charge in [-0.2, -0.15) is 31.1 Å². The lowest BCUT2D eigenvalue weighted by Gasteiger charge is -2.28. The molecule has 15 heteroatoms. The molecule has 0 saturated carbocycles. The fourth-order valence-electron chi connectivity index (χ4n) is 1.51. The highest BCUT2D eigenvalue weighted by molar-refractivity contribution is 9.10. The second kappa shape index (κ2) is 6.97. The number of rotatable bonds is 5. The Kier molecular flexibility index (Phi) is 6.24. The average molecular weight is 485 g/mol. The lowest BCUT2D eigenvalue weighted by atomic mass is 9.99. The van der Waals surface area contributed by atoms with E-state index in [4.69, 9.17) is 16.7 Å². The van der Waals surface area contributed by atoms with E-state index in [0.717, 1.165) is 10.8 Å². The van der Waals surface area contributed by atoms with Crippen molar-refractivity contribution in [1.29, 1.82) is 0 Å². The molecule has 1 aromatic heterocycles. The maximum absolute atomic E-state index is 12.6. The summed E-state index contributed by atoms with van der Waals surface area (Å²) in [6.45, 7) is 0. The highest BCUT2D eigenvalue weighted by atomic mass is 79.9. The van der Waals surface area contributed by atoms with E-state index in [1.54, 1.807) is 0 Å². The molecule has 0 amide bonds. The summed E-state index contributed by atoms with van der Waals surface area (Å²) >= 11 is 8.67. The van der Waals surface area contributed by atoms with Gasteiger partial charge in [0.25, 0.3) is 10.0 Å². The zero-order valence-electron chi connectivity index (χ0n) is 10.7. The molecule has 2 N–H and O–H groups in total. The number of sulfonamides is 1. The number of halogens is 8. The summed E-state index contributed by atoms with van der Waals surface area (Å²) in [5.41, 5.74) is 0. The highest BCUT2D eigenvalue weighted by Crippen LogP contribution is 2.42. The van der Waals surface area contributed by atoms with Crippen LogP contribution in [0, 0.1) is 5.92 Å². The summed E-state index contributed by atoms with van der Waals surface area (Å²) in [6, 6.07) is -2.70. The van der Waals surface area contributed by atoms with Crippen LogP contribution in [0.5, 0.6) is 0 Å². The number of thiophene rings is 1. The SMILES string of the molecule is O=C(O)C(NS(=O)(=O)c1cc(Br)c(Cl)s1)C(C(F)(F)F)C(F)(F)F. The average Bonchev–Trinajstić information content (AvgIpc) is 2.65. The van der Waals surface area contributed by atoms with E-state index >= 15 is 0 Å². The molecule has 0 fully saturated rings. The van der Waals surface area contributed by atoms with Crippen molar-refractivity contribution in [2.75, 3.05) is 0 Å². The molecule has 1 heterocycles. The number of carboxylic acids is 1. The largest absolute Gasteiger partial charge is 0.480 e. The number of hydrogen-bond donors (Lipinski definition) is 2. The quantitative estimate of drug-likeness (QED) is 0.625. The van der Waals surface area contributed by atoms with E-state index in [0.29, 0.717) is 11.3 Å². The first-order chi connectivity index (χ1) is 10.6. The molecule has 1 aromatic rings. The number of hydrogen-bond acceptors (Lipinski definition) is 4. The van der Waals surface area contributed by atoms with E-state index in [9.17, 15) is 39.6 Å². The highest BCUT2D eigenvalue weighted by Gasteiger charge is 2.63. The number of aliphatic carboxylic acids is 1. The normalized spacial score (nSPS) is 14.9. The van der Waals surface area contributed by atoms with E-state index in [1.807, 2.05) is 0 Å². The van der Waals surface area contributed by atoms with Crippen molar-refractivity contribution in [2.45, 2.75) is 22.6 Å². The van der Waals surface area contributed by atoms with E-state index in [-0.39, 0.29) is 8.81 Å². The minimum absolute atomic E-state index is 0.0182. The monoisotopic (exact) mass is 483 g/mol. The Hall–Kier alpha value is -0.570. The van der Waals surface area contributed by atoms with Gasteiger partial charge in [0.2, 0.25) is 0 Å². The molecule has 0 saturated heterocycles. The molecule has 0 aliphatic heterocycles. The smallest absolute Gasteiger partial charge is 0.402 e. The van der Waals surface area contributed by atoms with Crippen molar-refractivity contribution in [2.24, 2.45) is 5.92 Å². The first-order valence-electron chi connectivity index (χ1n) is 5.40. The molecule has 0 radical (unpaired) electrons. The summed E-state index contributed by atoms with van der Waals surface area (Å²) < 4.78 is 99.6. The molecule has 0 aliphatic carbocycles. The standard InChI is InChI=1S/C9H5BrClF6NO4S2/c10-2-1-3(23-6(2)11)24(21,22)18-4(7(19)20)5(8(12,13)14)9(15,16)17/h1,4-5,18H,(H,19,20).